The van der Waals surface area contributed by atoms with Crippen molar-refractivity contribution in [1.29, 1.82) is 0 Å². The Bertz CT molecular complexity index is 434. The van der Waals surface area contributed by atoms with E-state index in [4.69, 9.17) is 4.74 Å². The van der Waals surface area contributed by atoms with Gasteiger partial charge in [-0.2, -0.15) is 0 Å². The highest BCUT2D eigenvalue weighted by Crippen LogP contribution is 2.11. The fourth-order valence-corrected chi connectivity index (χ4v) is 2.48. The fourth-order valence-electron chi connectivity index (χ4n) is 2.48. The molecule has 1 N–H and O–H groups in total. The lowest BCUT2D eigenvalue weighted by atomic mass is 10.1. The molecule has 19 heavy (non-hydrogen) atoms. The first-order valence-electron chi connectivity index (χ1n) is 6.86. The normalized spacial score (nSPS) is 20.2. The first kappa shape index (κ1) is 14.0. The summed E-state index contributed by atoms with van der Waals surface area (Å²) < 4.78 is 4.75. The minimum Gasteiger partial charge on any atom is -0.465 e. The lowest BCUT2D eigenvalue weighted by molar-refractivity contribution is 0.0600. The van der Waals surface area contributed by atoms with Gasteiger partial charge < -0.3 is 10.1 Å². The van der Waals surface area contributed by atoms with Gasteiger partial charge in [0.1, 0.15) is 0 Å². The molecule has 2 rings (SSSR count). The largest absolute Gasteiger partial charge is 0.465 e. The molecule has 4 nitrogen and oxygen atoms in total. The van der Waals surface area contributed by atoms with Gasteiger partial charge in [0, 0.05) is 32.2 Å². The molecular weight excluding hydrogens is 240 g/mol. The monoisotopic (exact) mass is 262 g/mol. The van der Waals surface area contributed by atoms with Gasteiger partial charge in [0.05, 0.1) is 12.7 Å². The van der Waals surface area contributed by atoms with E-state index in [9.17, 15) is 4.79 Å². The molecule has 0 radical (unpaired) electrons. The lowest BCUT2D eigenvalue weighted by Crippen LogP contribution is -2.49. The number of rotatable bonds is 4. The summed E-state index contributed by atoms with van der Waals surface area (Å²) in [4.78, 5) is 13.9. The van der Waals surface area contributed by atoms with Crippen LogP contribution in [0.4, 0.5) is 0 Å². The number of methoxy groups -OCH3 is 1. The molecule has 0 saturated carbocycles. The Morgan fingerprint density at radius 2 is 2.37 bits per heavy atom. The van der Waals surface area contributed by atoms with E-state index in [2.05, 4.69) is 23.2 Å². The van der Waals surface area contributed by atoms with Crippen molar-refractivity contribution < 1.29 is 9.53 Å². The molecule has 1 heterocycles. The molecule has 1 aliphatic heterocycles. The van der Waals surface area contributed by atoms with Crippen LogP contribution >= 0.6 is 0 Å². The van der Waals surface area contributed by atoms with Gasteiger partial charge >= 0.3 is 5.97 Å². The summed E-state index contributed by atoms with van der Waals surface area (Å²) in [6.07, 6.45) is 1.15. The summed E-state index contributed by atoms with van der Waals surface area (Å²) >= 11 is 0. The molecule has 0 aromatic heterocycles. The Balaban J connectivity index is 2.00. The van der Waals surface area contributed by atoms with E-state index in [1.165, 1.54) is 12.7 Å². The van der Waals surface area contributed by atoms with Crippen molar-refractivity contribution in [3.63, 3.8) is 0 Å². The van der Waals surface area contributed by atoms with Crippen LogP contribution in [-0.4, -0.2) is 43.7 Å². The zero-order chi connectivity index (χ0) is 13.7. The Labute approximate surface area is 114 Å². The topological polar surface area (TPSA) is 41.6 Å². The molecule has 0 aliphatic carbocycles. The Morgan fingerprint density at radius 1 is 1.53 bits per heavy atom. The predicted molar refractivity (Wildman–Crippen MR) is 75.1 cm³/mol. The van der Waals surface area contributed by atoms with Crippen molar-refractivity contribution in [3.05, 3.63) is 35.4 Å². The molecule has 1 aromatic carbocycles. The van der Waals surface area contributed by atoms with Crippen LogP contribution in [0.15, 0.2) is 24.3 Å². The smallest absolute Gasteiger partial charge is 0.337 e. The third kappa shape index (κ3) is 3.78. The molecular formula is C15H22N2O2. The molecule has 0 bridgehead atoms. The van der Waals surface area contributed by atoms with E-state index in [0.29, 0.717) is 11.6 Å². The number of esters is 1. The maximum Gasteiger partial charge on any atom is 0.337 e. The van der Waals surface area contributed by atoms with Crippen LogP contribution in [0, 0.1) is 0 Å². The van der Waals surface area contributed by atoms with Crippen molar-refractivity contribution in [2.75, 3.05) is 26.7 Å². The van der Waals surface area contributed by atoms with Crippen LogP contribution in [-0.2, 0) is 11.3 Å². The molecule has 4 heteroatoms. The maximum absolute atomic E-state index is 11.5. The van der Waals surface area contributed by atoms with Gasteiger partial charge in [0.2, 0.25) is 0 Å². The third-order valence-electron chi connectivity index (χ3n) is 3.59. The fraction of sp³-hybridized carbons (Fsp3) is 0.533. The molecule has 1 saturated heterocycles. The number of benzene rings is 1. The second-order valence-electron chi connectivity index (χ2n) is 4.99. The third-order valence-corrected chi connectivity index (χ3v) is 3.59. The summed E-state index contributed by atoms with van der Waals surface area (Å²) in [6.45, 7) is 6.26. The van der Waals surface area contributed by atoms with Crippen molar-refractivity contribution in [3.8, 4) is 0 Å². The predicted octanol–water partition coefficient (Wildman–Crippen LogP) is 1.66. The second kappa shape index (κ2) is 6.68. The van der Waals surface area contributed by atoms with Gasteiger partial charge in [0.15, 0.2) is 0 Å². The standard InChI is InChI=1S/C15H22N2O2/c1-3-14-11-17(8-7-16-14)10-12-5-4-6-13(9-12)15(18)19-2/h4-6,9,14,16H,3,7-8,10-11H2,1-2H3/t14-/m1/s1. The number of nitrogens with one attached hydrogen (secondary N) is 1. The minimum atomic E-state index is -0.270. The highest BCUT2D eigenvalue weighted by molar-refractivity contribution is 5.89. The molecule has 0 spiro atoms. The Morgan fingerprint density at radius 3 is 3.11 bits per heavy atom. The molecule has 104 valence electrons. The van der Waals surface area contributed by atoms with Crippen LogP contribution < -0.4 is 5.32 Å². The molecule has 1 atom stereocenters. The average molecular weight is 262 g/mol. The quantitative estimate of drug-likeness (QED) is 0.838. The van der Waals surface area contributed by atoms with Crippen molar-refractivity contribution >= 4 is 5.97 Å². The summed E-state index contributed by atoms with van der Waals surface area (Å²) in [5, 5.41) is 3.51. The number of hydrogen-bond donors (Lipinski definition) is 1. The van der Waals surface area contributed by atoms with Crippen molar-refractivity contribution in [1.82, 2.24) is 10.2 Å². The van der Waals surface area contributed by atoms with Crippen LogP contribution in [0.1, 0.15) is 29.3 Å². The highest BCUT2D eigenvalue weighted by Gasteiger charge is 2.18. The first-order chi connectivity index (χ1) is 9.22. The first-order valence-corrected chi connectivity index (χ1v) is 6.86. The van der Waals surface area contributed by atoms with Crippen LogP contribution in [0.3, 0.4) is 0 Å². The Hall–Kier alpha value is -1.39. The number of carbonyl (C=O) groups is 1. The number of nitrogens with zero attached hydrogens (tertiary/aromatic N) is 1. The van der Waals surface area contributed by atoms with Crippen LogP contribution in [0.5, 0.6) is 0 Å². The van der Waals surface area contributed by atoms with E-state index < -0.39 is 0 Å². The number of ether oxygens (including phenoxy) is 1. The average Bonchev–Trinajstić information content (AvgIpc) is 2.47. The van der Waals surface area contributed by atoms with E-state index in [1.807, 2.05) is 12.1 Å². The summed E-state index contributed by atoms with van der Waals surface area (Å²) in [5.74, 6) is -0.270. The van der Waals surface area contributed by atoms with E-state index in [-0.39, 0.29) is 5.97 Å². The van der Waals surface area contributed by atoms with E-state index in [1.54, 1.807) is 6.07 Å². The zero-order valence-corrected chi connectivity index (χ0v) is 11.7. The van der Waals surface area contributed by atoms with E-state index in [0.717, 1.165) is 32.6 Å². The molecule has 0 amide bonds. The lowest BCUT2D eigenvalue weighted by Gasteiger charge is -2.33. The van der Waals surface area contributed by atoms with Gasteiger partial charge in [-0.25, -0.2) is 4.79 Å². The van der Waals surface area contributed by atoms with Crippen molar-refractivity contribution in [2.24, 2.45) is 0 Å². The number of carbonyl (C=O) groups excluding carboxylic acids is 1. The van der Waals surface area contributed by atoms with Crippen LogP contribution in [0.25, 0.3) is 0 Å². The van der Waals surface area contributed by atoms with Gasteiger partial charge in [-0.3, -0.25) is 4.90 Å². The molecule has 1 aliphatic rings. The summed E-state index contributed by atoms with van der Waals surface area (Å²) in [5.41, 5.74) is 1.79. The second-order valence-corrected chi connectivity index (χ2v) is 4.99. The van der Waals surface area contributed by atoms with E-state index >= 15 is 0 Å². The van der Waals surface area contributed by atoms with Gasteiger partial charge in [-0.05, 0) is 24.1 Å². The van der Waals surface area contributed by atoms with Gasteiger partial charge in [-0.15, -0.1) is 0 Å². The number of piperazine rings is 1. The molecule has 1 aromatic rings. The zero-order valence-electron chi connectivity index (χ0n) is 11.7. The minimum absolute atomic E-state index is 0.270. The van der Waals surface area contributed by atoms with Gasteiger partial charge in [-0.1, -0.05) is 19.1 Å². The SMILES string of the molecule is CC[C@@H]1CN(Cc2cccc(C(=O)OC)c2)CCN1. The highest BCUT2D eigenvalue weighted by atomic mass is 16.5. The summed E-state index contributed by atoms with van der Waals surface area (Å²) in [6, 6.07) is 8.28. The number of hydrogen-bond acceptors (Lipinski definition) is 4. The summed E-state index contributed by atoms with van der Waals surface area (Å²) in [7, 11) is 1.41. The maximum atomic E-state index is 11.5. The van der Waals surface area contributed by atoms with Gasteiger partial charge in [0.25, 0.3) is 0 Å². The Kier molecular flexibility index (Phi) is 4.93. The molecule has 0 unspecified atom stereocenters. The van der Waals surface area contributed by atoms with Crippen molar-refractivity contribution in [2.45, 2.75) is 25.9 Å². The molecule has 1 fully saturated rings. The van der Waals surface area contributed by atoms with Crippen LogP contribution in [0.2, 0.25) is 0 Å².